The molecule has 0 bridgehead atoms. The lowest BCUT2D eigenvalue weighted by Gasteiger charge is -2.17. The summed E-state index contributed by atoms with van der Waals surface area (Å²) < 4.78 is 5.80. The van der Waals surface area contributed by atoms with E-state index in [0.29, 0.717) is 24.5 Å². The number of carbonyl (C=O) groups is 1. The number of hydrogen-bond acceptors (Lipinski definition) is 3. The van der Waals surface area contributed by atoms with Crippen molar-refractivity contribution in [3.05, 3.63) is 59.7 Å². The molecule has 2 rings (SSSR count). The molecule has 2 aromatic rings. The van der Waals surface area contributed by atoms with Crippen LogP contribution in [0.2, 0.25) is 0 Å². The van der Waals surface area contributed by atoms with E-state index < -0.39 is 11.9 Å². The lowest BCUT2D eigenvalue weighted by molar-refractivity contribution is -0.138. The molecule has 0 radical (unpaired) electrons. The monoisotopic (exact) mass is 314 g/mol. The number of ether oxygens (including phenoxy) is 1. The third-order valence-electron chi connectivity index (χ3n) is 3.56. The van der Waals surface area contributed by atoms with Crippen LogP contribution in [-0.2, 0) is 11.2 Å². The summed E-state index contributed by atoms with van der Waals surface area (Å²) in [5.41, 5.74) is 1.53. The first kappa shape index (κ1) is 16.9. The Kier molecular flexibility index (Phi) is 5.63. The van der Waals surface area contributed by atoms with Gasteiger partial charge in [-0.05, 0) is 41.7 Å². The maximum atomic E-state index is 11.7. The third-order valence-corrected chi connectivity index (χ3v) is 3.56. The molecule has 0 aliphatic heterocycles. The van der Waals surface area contributed by atoms with E-state index in [1.807, 2.05) is 24.3 Å². The predicted octanol–water partition coefficient (Wildman–Crippen LogP) is 3.84. The topological polar surface area (TPSA) is 66.8 Å². The van der Waals surface area contributed by atoms with Gasteiger partial charge in [0, 0.05) is 0 Å². The van der Waals surface area contributed by atoms with Crippen LogP contribution in [0.5, 0.6) is 11.5 Å². The highest BCUT2D eigenvalue weighted by Gasteiger charge is 2.22. The molecule has 23 heavy (non-hydrogen) atoms. The molecule has 1 atom stereocenters. The number of para-hydroxylation sites is 1. The lowest BCUT2D eigenvalue weighted by atomic mass is 9.91. The maximum absolute atomic E-state index is 11.7. The van der Waals surface area contributed by atoms with Crippen LogP contribution in [0.15, 0.2) is 48.5 Å². The Balaban J connectivity index is 2.23. The number of aliphatic carboxylic acids is 1. The maximum Gasteiger partial charge on any atom is 0.311 e. The van der Waals surface area contributed by atoms with Gasteiger partial charge >= 0.3 is 5.97 Å². The second kappa shape index (κ2) is 7.68. The largest absolute Gasteiger partial charge is 0.508 e. The standard InChI is InChI=1S/C19H22O4/c1-13(2)12-23-18-6-4-3-5-15(18)11-17(19(21)22)14-7-9-16(20)10-8-14/h3-10,13,17,20H,11-12H2,1-2H3,(H,21,22). The summed E-state index contributed by atoms with van der Waals surface area (Å²) in [5.74, 6) is -0.325. The molecule has 0 fully saturated rings. The van der Waals surface area contributed by atoms with Gasteiger partial charge in [0.1, 0.15) is 11.5 Å². The molecule has 122 valence electrons. The minimum Gasteiger partial charge on any atom is -0.508 e. The van der Waals surface area contributed by atoms with Crippen LogP contribution in [0.3, 0.4) is 0 Å². The average molecular weight is 314 g/mol. The summed E-state index contributed by atoms with van der Waals surface area (Å²) in [7, 11) is 0. The molecule has 0 aliphatic rings. The van der Waals surface area contributed by atoms with Crippen LogP contribution in [0.1, 0.15) is 30.9 Å². The molecular weight excluding hydrogens is 292 g/mol. The van der Waals surface area contributed by atoms with E-state index in [4.69, 9.17) is 4.74 Å². The number of carboxylic acid groups (broad SMARTS) is 1. The van der Waals surface area contributed by atoms with E-state index in [-0.39, 0.29) is 5.75 Å². The zero-order valence-corrected chi connectivity index (χ0v) is 13.4. The minimum absolute atomic E-state index is 0.124. The van der Waals surface area contributed by atoms with E-state index >= 15 is 0 Å². The molecule has 0 amide bonds. The number of aromatic hydroxyl groups is 1. The number of carboxylic acids is 1. The molecule has 4 nitrogen and oxygen atoms in total. The van der Waals surface area contributed by atoms with Crippen LogP contribution in [-0.4, -0.2) is 22.8 Å². The number of phenolic OH excluding ortho intramolecular Hbond substituents is 1. The van der Waals surface area contributed by atoms with E-state index in [1.165, 1.54) is 12.1 Å². The fourth-order valence-corrected chi connectivity index (χ4v) is 2.34. The minimum atomic E-state index is -0.894. The molecule has 4 heteroatoms. The smallest absolute Gasteiger partial charge is 0.311 e. The van der Waals surface area contributed by atoms with Gasteiger partial charge in [-0.1, -0.05) is 44.2 Å². The van der Waals surface area contributed by atoms with Crippen LogP contribution in [0, 0.1) is 5.92 Å². The van der Waals surface area contributed by atoms with Gasteiger partial charge in [0.05, 0.1) is 12.5 Å². The highest BCUT2D eigenvalue weighted by molar-refractivity contribution is 5.76. The summed E-state index contributed by atoms with van der Waals surface area (Å²) in [6.07, 6.45) is 0.342. The van der Waals surface area contributed by atoms with Crippen molar-refractivity contribution in [2.75, 3.05) is 6.61 Å². The van der Waals surface area contributed by atoms with Crippen LogP contribution < -0.4 is 4.74 Å². The van der Waals surface area contributed by atoms with E-state index in [9.17, 15) is 15.0 Å². The zero-order valence-electron chi connectivity index (χ0n) is 13.4. The van der Waals surface area contributed by atoms with Crippen molar-refractivity contribution in [2.24, 2.45) is 5.92 Å². The summed E-state index contributed by atoms with van der Waals surface area (Å²) in [6, 6.07) is 13.8. The Morgan fingerprint density at radius 2 is 1.74 bits per heavy atom. The van der Waals surface area contributed by atoms with Crippen LogP contribution in [0.4, 0.5) is 0 Å². The fraction of sp³-hybridized carbons (Fsp3) is 0.316. The Bertz CT molecular complexity index is 647. The quantitative estimate of drug-likeness (QED) is 0.815. The van der Waals surface area contributed by atoms with Gasteiger partial charge in [0.25, 0.3) is 0 Å². The van der Waals surface area contributed by atoms with Gasteiger partial charge < -0.3 is 14.9 Å². The van der Waals surface area contributed by atoms with Gasteiger partial charge in [0.2, 0.25) is 0 Å². The highest BCUT2D eigenvalue weighted by Crippen LogP contribution is 2.28. The molecule has 1 unspecified atom stereocenters. The molecule has 2 aromatic carbocycles. The van der Waals surface area contributed by atoms with Crippen LogP contribution in [0.25, 0.3) is 0 Å². The normalized spacial score (nSPS) is 12.1. The third kappa shape index (κ3) is 4.74. The van der Waals surface area contributed by atoms with Crippen molar-refractivity contribution in [2.45, 2.75) is 26.2 Å². The summed E-state index contributed by atoms with van der Waals surface area (Å²) in [4.78, 5) is 11.7. The summed E-state index contributed by atoms with van der Waals surface area (Å²) >= 11 is 0. The van der Waals surface area contributed by atoms with Gasteiger partial charge in [-0.2, -0.15) is 0 Å². The molecular formula is C19H22O4. The van der Waals surface area contributed by atoms with Crippen molar-refractivity contribution in [3.63, 3.8) is 0 Å². The molecule has 0 aromatic heterocycles. The van der Waals surface area contributed by atoms with Crippen molar-refractivity contribution in [3.8, 4) is 11.5 Å². The van der Waals surface area contributed by atoms with Crippen molar-refractivity contribution < 1.29 is 19.7 Å². The van der Waals surface area contributed by atoms with Gasteiger partial charge in [-0.25, -0.2) is 0 Å². The highest BCUT2D eigenvalue weighted by atomic mass is 16.5. The SMILES string of the molecule is CC(C)COc1ccccc1CC(C(=O)O)c1ccc(O)cc1. The summed E-state index contributed by atoms with van der Waals surface area (Å²) in [5, 5.41) is 18.9. The second-order valence-electron chi connectivity index (χ2n) is 6.00. The number of phenols is 1. The Labute approximate surface area is 136 Å². The Morgan fingerprint density at radius 1 is 1.09 bits per heavy atom. The van der Waals surface area contributed by atoms with Gasteiger partial charge in [-0.15, -0.1) is 0 Å². The first-order valence-corrected chi connectivity index (χ1v) is 7.69. The molecule has 0 saturated carbocycles. The van der Waals surface area contributed by atoms with E-state index in [2.05, 4.69) is 13.8 Å². The van der Waals surface area contributed by atoms with Crippen molar-refractivity contribution >= 4 is 5.97 Å². The first-order valence-electron chi connectivity index (χ1n) is 7.69. The van der Waals surface area contributed by atoms with E-state index in [0.717, 1.165) is 11.3 Å². The number of hydrogen-bond donors (Lipinski definition) is 2. The zero-order chi connectivity index (χ0) is 16.8. The van der Waals surface area contributed by atoms with Gasteiger partial charge in [-0.3, -0.25) is 4.79 Å². The number of rotatable bonds is 7. The summed E-state index contributed by atoms with van der Waals surface area (Å²) in [6.45, 7) is 4.73. The number of benzene rings is 2. The molecule has 0 heterocycles. The average Bonchev–Trinajstić information content (AvgIpc) is 2.52. The Morgan fingerprint density at radius 3 is 2.35 bits per heavy atom. The second-order valence-corrected chi connectivity index (χ2v) is 6.00. The molecule has 2 N–H and O–H groups in total. The van der Waals surface area contributed by atoms with Crippen molar-refractivity contribution in [1.82, 2.24) is 0 Å². The first-order chi connectivity index (χ1) is 11.0. The Hall–Kier alpha value is -2.49. The molecule has 0 saturated heterocycles. The van der Waals surface area contributed by atoms with Crippen LogP contribution >= 0.6 is 0 Å². The fourth-order valence-electron chi connectivity index (χ4n) is 2.34. The lowest BCUT2D eigenvalue weighted by Crippen LogP contribution is -2.15. The van der Waals surface area contributed by atoms with Crippen molar-refractivity contribution in [1.29, 1.82) is 0 Å². The molecule has 0 aliphatic carbocycles. The van der Waals surface area contributed by atoms with Gasteiger partial charge in [0.15, 0.2) is 0 Å². The van der Waals surface area contributed by atoms with E-state index in [1.54, 1.807) is 12.1 Å². The predicted molar refractivity (Wildman–Crippen MR) is 89.0 cm³/mol. The molecule has 0 spiro atoms.